The van der Waals surface area contributed by atoms with Crippen LogP contribution in [0.15, 0.2) is 5.38 Å². The molecule has 2 unspecified atom stereocenters. The van der Waals surface area contributed by atoms with E-state index >= 15 is 0 Å². The van der Waals surface area contributed by atoms with Gasteiger partial charge in [0.05, 0.1) is 23.9 Å². The molecule has 124 valence electrons. The van der Waals surface area contributed by atoms with E-state index in [1.165, 1.54) is 0 Å². The third-order valence-electron chi connectivity index (χ3n) is 4.37. The Hall–Kier alpha value is -1.14. The number of nitrogens with zero attached hydrogens (tertiary/aromatic N) is 1. The lowest BCUT2D eigenvalue weighted by atomic mass is 9.86. The minimum absolute atomic E-state index is 0.0396. The second-order valence-electron chi connectivity index (χ2n) is 7.48. The van der Waals surface area contributed by atoms with Crippen LogP contribution < -0.4 is 10.6 Å². The highest BCUT2D eigenvalue weighted by atomic mass is 32.1. The zero-order valence-corrected chi connectivity index (χ0v) is 14.7. The molecule has 3 N–H and O–H groups in total. The van der Waals surface area contributed by atoms with E-state index in [2.05, 4.69) is 36.4 Å². The average Bonchev–Trinajstić information content (AvgIpc) is 3.04. The van der Waals surface area contributed by atoms with Gasteiger partial charge in [-0.25, -0.2) is 9.78 Å². The van der Waals surface area contributed by atoms with Crippen molar-refractivity contribution in [2.75, 3.05) is 6.61 Å². The summed E-state index contributed by atoms with van der Waals surface area (Å²) in [6, 6.07) is -0.144. The first kappa shape index (κ1) is 17.2. The highest BCUT2D eigenvalue weighted by molar-refractivity contribution is 7.09. The minimum Gasteiger partial charge on any atom is -0.396 e. The molecule has 2 rings (SSSR count). The highest BCUT2D eigenvalue weighted by Gasteiger charge is 2.39. The minimum atomic E-state index is -0.197. The quantitative estimate of drug-likeness (QED) is 0.797. The van der Waals surface area contributed by atoms with Crippen LogP contribution >= 0.6 is 11.3 Å². The van der Waals surface area contributed by atoms with Crippen molar-refractivity contribution in [3.05, 3.63) is 16.1 Å². The number of hydrogen-bond donors (Lipinski definition) is 3. The van der Waals surface area contributed by atoms with Crippen molar-refractivity contribution in [3.63, 3.8) is 0 Å². The molecule has 1 heterocycles. The maximum absolute atomic E-state index is 12.1. The Morgan fingerprint density at radius 3 is 2.86 bits per heavy atom. The largest absolute Gasteiger partial charge is 0.396 e. The summed E-state index contributed by atoms with van der Waals surface area (Å²) in [6.07, 6.45) is 2.92. The average molecular weight is 325 g/mol. The van der Waals surface area contributed by atoms with E-state index in [0.717, 1.165) is 30.0 Å². The van der Waals surface area contributed by atoms with Crippen LogP contribution in [0.3, 0.4) is 0 Å². The summed E-state index contributed by atoms with van der Waals surface area (Å²) in [7, 11) is 0. The molecule has 0 radical (unpaired) electrons. The molecular formula is C16H27N3O2S. The summed E-state index contributed by atoms with van der Waals surface area (Å²) in [5.74, 6) is 0. The van der Waals surface area contributed by atoms with Crippen molar-refractivity contribution in [3.8, 4) is 0 Å². The first-order chi connectivity index (χ1) is 10.2. The van der Waals surface area contributed by atoms with Crippen molar-refractivity contribution in [2.45, 2.75) is 65.0 Å². The second kappa shape index (κ2) is 6.54. The van der Waals surface area contributed by atoms with Gasteiger partial charge in [-0.05, 0) is 12.8 Å². The fourth-order valence-corrected chi connectivity index (χ4v) is 3.69. The molecule has 2 amide bonds. The predicted octanol–water partition coefficient (Wildman–Crippen LogP) is 2.79. The summed E-state index contributed by atoms with van der Waals surface area (Å²) < 4.78 is 0. The van der Waals surface area contributed by atoms with Crippen LogP contribution in [0.1, 0.15) is 57.7 Å². The number of carbonyl (C=O) groups excluding carboxylic acids is 1. The van der Waals surface area contributed by atoms with Crippen LogP contribution in [0, 0.1) is 5.41 Å². The molecule has 0 aliphatic heterocycles. The number of rotatable bonds is 4. The summed E-state index contributed by atoms with van der Waals surface area (Å²) >= 11 is 1.63. The van der Waals surface area contributed by atoms with Gasteiger partial charge in [0, 0.05) is 22.3 Å². The highest BCUT2D eigenvalue weighted by Crippen LogP contribution is 2.37. The Morgan fingerprint density at radius 2 is 2.27 bits per heavy atom. The zero-order chi connectivity index (χ0) is 16.4. The zero-order valence-electron chi connectivity index (χ0n) is 13.9. The maximum Gasteiger partial charge on any atom is 0.315 e. The SMILES string of the molecule is CC(C)(C)c1nc(CNC(=O)NC2CCCC2(C)CO)cs1. The summed E-state index contributed by atoms with van der Waals surface area (Å²) in [5.41, 5.74) is 0.733. The molecule has 6 heteroatoms. The lowest BCUT2D eigenvalue weighted by Crippen LogP contribution is -2.48. The molecule has 1 aliphatic carbocycles. The Morgan fingerprint density at radius 1 is 1.55 bits per heavy atom. The van der Waals surface area contributed by atoms with Crippen molar-refractivity contribution >= 4 is 17.4 Å². The number of aromatic nitrogens is 1. The molecule has 1 saturated carbocycles. The number of aliphatic hydroxyl groups is 1. The molecule has 2 atom stereocenters. The van der Waals surface area contributed by atoms with Gasteiger partial charge in [-0.3, -0.25) is 0 Å². The van der Waals surface area contributed by atoms with E-state index in [1.807, 2.05) is 12.3 Å². The lowest BCUT2D eigenvalue weighted by Gasteiger charge is -2.30. The number of amides is 2. The van der Waals surface area contributed by atoms with Gasteiger partial charge >= 0.3 is 6.03 Å². The standard InChI is InChI=1S/C16H27N3O2S/c1-15(2,3)13-18-11(9-22-13)8-17-14(21)19-12-6-5-7-16(12,4)10-20/h9,12,20H,5-8,10H2,1-4H3,(H2,17,19,21). The van der Waals surface area contributed by atoms with E-state index in [1.54, 1.807) is 11.3 Å². The van der Waals surface area contributed by atoms with Crippen molar-refractivity contribution in [1.82, 2.24) is 15.6 Å². The third-order valence-corrected chi connectivity index (χ3v) is 5.69. The van der Waals surface area contributed by atoms with E-state index in [4.69, 9.17) is 0 Å². The lowest BCUT2D eigenvalue weighted by molar-refractivity contribution is 0.121. The van der Waals surface area contributed by atoms with Crippen LogP contribution in [0.4, 0.5) is 4.79 Å². The first-order valence-corrected chi connectivity index (χ1v) is 8.73. The number of thiazole rings is 1. The summed E-state index contributed by atoms with van der Waals surface area (Å²) in [4.78, 5) is 16.6. The summed E-state index contributed by atoms with van der Waals surface area (Å²) in [6.45, 7) is 8.96. The van der Waals surface area contributed by atoms with E-state index in [-0.39, 0.29) is 29.5 Å². The van der Waals surface area contributed by atoms with Gasteiger partial charge in [0.1, 0.15) is 0 Å². The molecule has 1 fully saturated rings. The van der Waals surface area contributed by atoms with Crippen LogP contribution in [0.5, 0.6) is 0 Å². The number of hydrogen-bond acceptors (Lipinski definition) is 4. The second-order valence-corrected chi connectivity index (χ2v) is 8.34. The normalized spacial score (nSPS) is 25.2. The molecule has 1 aromatic heterocycles. The fraction of sp³-hybridized carbons (Fsp3) is 0.750. The van der Waals surface area contributed by atoms with Gasteiger partial charge in [-0.2, -0.15) is 0 Å². The van der Waals surface area contributed by atoms with Gasteiger partial charge in [0.15, 0.2) is 0 Å². The van der Waals surface area contributed by atoms with Gasteiger partial charge in [0.2, 0.25) is 0 Å². The topological polar surface area (TPSA) is 74.2 Å². The van der Waals surface area contributed by atoms with Crippen LogP contribution in [-0.4, -0.2) is 28.8 Å². The molecule has 0 saturated heterocycles. The Balaban J connectivity index is 1.84. The van der Waals surface area contributed by atoms with Crippen LogP contribution in [-0.2, 0) is 12.0 Å². The molecule has 0 spiro atoms. The first-order valence-electron chi connectivity index (χ1n) is 7.85. The van der Waals surface area contributed by atoms with Crippen molar-refractivity contribution in [1.29, 1.82) is 0 Å². The van der Waals surface area contributed by atoms with Gasteiger partial charge < -0.3 is 15.7 Å². The number of carbonyl (C=O) groups is 1. The van der Waals surface area contributed by atoms with Gasteiger partial charge in [-0.1, -0.05) is 34.1 Å². The van der Waals surface area contributed by atoms with Gasteiger partial charge in [0.25, 0.3) is 0 Å². The van der Waals surface area contributed by atoms with Crippen LogP contribution in [0.25, 0.3) is 0 Å². The third kappa shape index (κ3) is 3.98. The summed E-state index contributed by atoms with van der Waals surface area (Å²) in [5, 5.41) is 18.4. The van der Waals surface area contributed by atoms with E-state index in [9.17, 15) is 9.90 Å². The van der Waals surface area contributed by atoms with Gasteiger partial charge in [-0.15, -0.1) is 11.3 Å². The number of urea groups is 1. The van der Waals surface area contributed by atoms with E-state index in [0.29, 0.717) is 6.54 Å². The maximum atomic E-state index is 12.1. The number of aliphatic hydroxyl groups excluding tert-OH is 1. The monoisotopic (exact) mass is 325 g/mol. The Labute approximate surface area is 136 Å². The predicted molar refractivity (Wildman–Crippen MR) is 89.0 cm³/mol. The Bertz CT molecular complexity index is 524. The molecule has 1 aromatic rings. The number of nitrogens with one attached hydrogen (secondary N) is 2. The molecule has 22 heavy (non-hydrogen) atoms. The molecule has 1 aliphatic rings. The van der Waals surface area contributed by atoms with Crippen LogP contribution in [0.2, 0.25) is 0 Å². The Kier molecular flexibility index (Phi) is 5.12. The molecular weight excluding hydrogens is 298 g/mol. The van der Waals surface area contributed by atoms with Crippen molar-refractivity contribution < 1.29 is 9.90 Å². The smallest absolute Gasteiger partial charge is 0.315 e. The molecule has 0 aromatic carbocycles. The van der Waals surface area contributed by atoms with E-state index < -0.39 is 0 Å². The fourth-order valence-electron chi connectivity index (χ4n) is 2.78. The molecule has 5 nitrogen and oxygen atoms in total. The van der Waals surface area contributed by atoms with Crippen molar-refractivity contribution in [2.24, 2.45) is 5.41 Å². The molecule has 0 bridgehead atoms.